The fourth-order valence-electron chi connectivity index (χ4n) is 4.16. The van der Waals surface area contributed by atoms with Crippen molar-refractivity contribution in [3.05, 3.63) is 0 Å². The van der Waals surface area contributed by atoms with Gasteiger partial charge in [-0.15, -0.1) is 12.4 Å². The van der Waals surface area contributed by atoms with Crippen LogP contribution >= 0.6 is 12.4 Å². The number of nitrogens with two attached hydrogens (primary N) is 1. The molecule has 2 saturated heterocycles. The summed E-state index contributed by atoms with van der Waals surface area (Å²) >= 11 is 0. The second-order valence-corrected chi connectivity index (χ2v) is 7.06. The summed E-state index contributed by atoms with van der Waals surface area (Å²) in [6.07, 6.45) is 5.32. The maximum atomic E-state index is 12.8. The lowest BCUT2D eigenvalue weighted by Gasteiger charge is -2.35. The largest absolute Gasteiger partial charge is 0.341 e. The second kappa shape index (κ2) is 7.27. The van der Waals surface area contributed by atoms with Crippen molar-refractivity contribution in [3.63, 3.8) is 0 Å². The van der Waals surface area contributed by atoms with Crippen molar-refractivity contribution in [2.75, 3.05) is 33.2 Å². The van der Waals surface area contributed by atoms with Gasteiger partial charge in [-0.1, -0.05) is 19.3 Å². The van der Waals surface area contributed by atoms with Crippen LogP contribution in [0.15, 0.2) is 0 Å². The molecule has 1 aliphatic carbocycles. The van der Waals surface area contributed by atoms with E-state index in [2.05, 4.69) is 0 Å². The number of carbonyl (C=O) groups excluding carboxylic acids is 3. The van der Waals surface area contributed by atoms with E-state index in [0.717, 1.165) is 30.6 Å². The van der Waals surface area contributed by atoms with Crippen LogP contribution in [0, 0.1) is 5.92 Å². The van der Waals surface area contributed by atoms with Crippen LogP contribution in [0.4, 0.5) is 4.79 Å². The molecule has 2 N–H and O–H groups in total. The quantitative estimate of drug-likeness (QED) is 0.756. The van der Waals surface area contributed by atoms with Crippen LogP contribution in [-0.2, 0) is 9.59 Å². The number of amides is 4. The van der Waals surface area contributed by atoms with E-state index < -0.39 is 5.54 Å². The molecular formula is C16H27ClN4O3. The predicted octanol–water partition coefficient (Wildman–Crippen LogP) is 0.812. The first kappa shape index (κ1) is 19.0. The molecule has 1 spiro atoms. The van der Waals surface area contributed by atoms with E-state index in [-0.39, 0.29) is 36.8 Å². The summed E-state index contributed by atoms with van der Waals surface area (Å²) < 4.78 is 0. The number of halogens is 1. The molecule has 7 nitrogen and oxygen atoms in total. The van der Waals surface area contributed by atoms with E-state index in [1.165, 1.54) is 0 Å². The molecule has 0 aromatic carbocycles. The summed E-state index contributed by atoms with van der Waals surface area (Å²) in [4.78, 5) is 42.2. The lowest BCUT2D eigenvalue weighted by molar-refractivity contribution is -0.140. The number of hydrogen-bond donors (Lipinski definition) is 1. The Morgan fingerprint density at radius 1 is 1.25 bits per heavy atom. The predicted molar refractivity (Wildman–Crippen MR) is 91.7 cm³/mol. The molecule has 1 atom stereocenters. The summed E-state index contributed by atoms with van der Waals surface area (Å²) in [5.74, 6) is -0.00665. The van der Waals surface area contributed by atoms with Gasteiger partial charge in [0, 0.05) is 20.1 Å². The van der Waals surface area contributed by atoms with Crippen molar-refractivity contribution in [2.24, 2.45) is 11.7 Å². The molecule has 1 saturated carbocycles. The highest BCUT2D eigenvalue weighted by atomic mass is 35.5. The van der Waals surface area contributed by atoms with Gasteiger partial charge in [0.15, 0.2) is 0 Å². The van der Waals surface area contributed by atoms with Gasteiger partial charge in [0.05, 0.1) is 0 Å². The van der Waals surface area contributed by atoms with Crippen LogP contribution in [0.25, 0.3) is 0 Å². The summed E-state index contributed by atoms with van der Waals surface area (Å²) in [5.41, 5.74) is 4.94. The highest BCUT2D eigenvalue weighted by Crippen LogP contribution is 2.39. The van der Waals surface area contributed by atoms with Crippen LogP contribution in [0.2, 0.25) is 0 Å². The Morgan fingerprint density at radius 3 is 2.50 bits per heavy atom. The lowest BCUT2D eigenvalue weighted by atomic mass is 9.81. The number of likely N-dealkylation sites (tertiary alicyclic amines) is 1. The topological polar surface area (TPSA) is 87.0 Å². The van der Waals surface area contributed by atoms with Crippen LogP contribution < -0.4 is 5.73 Å². The fourth-order valence-corrected chi connectivity index (χ4v) is 4.16. The molecule has 24 heavy (non-hydrogen) atoms. The zero-order valence-corrected chi connectivity index (χ0v) is 15.0. The monoisotopic (exact) mass is 358 g/mol. The molecule has 1 unspecified atom stereocenters. The van der Waals surface area contributed by atoms with Gasteiger partial charge < -0.3 is 15.5 Å². The fraction of sp³-hybridized carbons (Fsp3) is 0.812. The van der Waals surface area contributed by atoms with Gasteiger partial charge in [-0.05, 0) is 31.7 Å². The van der Waals surface area contributed by atoms with Crippen molar-refractivity contribution in [3.8, 4) is 0 Å². The number of nitrogens with zero attached hydrogens (tertiary/aromatic N) is 3. The Morgan fingerprint density at radius 2 is 1.92 bits per heavy atom. The van der Waals surface area contributed by atoms with Gasteiger partial charge in [-0.3, -0.25) is 14.5 Å². The molecule has 0 bridgehead atoms. The minimum atomic E-state index is -0.708. The maximum Gasteiger partial charge on any atom is 0.327 e. The second-order valence-electron chi connectivity index (χ2n) is 7.06. The van der Waals surface area contributed by atoms with Gasteiger partial charge in [-0.2, -0.15) is 0 Å². The number of urea groups is 1. The third-order valence-corrected chi connectivity index (χ3v) is 5.75. The normalized spacial score (nSPS) is 26.2. The minimum Gasteiger partial charge on any atom is -0.341 e. The van der Waals surface area contributed by atoms with Gasteiger partial charge in [0.25, 0.3) is 5.91 Å². The first-order valence-corrected chi connectivity index (χ1v) is 8.57. The van der Waals surface area contributed by atoms with Crippen LogP contribution in [-0.4, -0.2) is 71.3 Å². The zero-order chi connectivity index (χ0) is 16.6. The number of likely N-dealkylation sites (N-methyl/N-ethyl adjacent to an activating group) is 1. The average molecular weight is 359 g/mol. The highest BCUT2D eigenvalue weighted by Gasteiger charge is 2.56. The molecular weight excluding hydrogens is 332 g/mol. The third-order valence-electron chi connectivity index (χ3n) is 5.75. The Labute approximate surface area is 148 Å². The van der Waals surface area contributed by atoms with Crippen molar-refractivity contribution >= 4 is 30.3 Å². The summed E-state index contributed by atoms with van der Waals surface area (Å²) in [6, 6.07) is -0.333. The molecule has 3 rings (SSSR count). The third kappa shape index (κ3) is 2.99. The molecule has 4 amide bonds. The minimum absolute atomic E-state index is 0. The summed E-state index contributed by atoms with van der Waals surface area (Å²) in [7, 11) is 1.69. The van der Waals surface area contributed by atoms with Crippen LogP contribution in [0.5, 0.6) is 0 Å². The molecule has 0 radical (unpaired) electrons. The lowest BCUT2D eigenvalue weighted by Crippen LogP contribution is -2.49. The van der Waals surface area contributed by atoms with E-state index in [1.807, 2.05) is 0 Å². The van der Waals surface area contributed by atoms with E-state index in [0.29, 0.717) is 38.4 Å². The van der Waals surface area contributed by atoms with Crippen molar-refractivity contribution < 1.29 is 14.4 Å². The molecule has 0 aromatic heterocycles. The SMILES string of the molecule is CN1C(=O)N(CC(=O)N2CCC(CN)C2)C(=O)C12CCCCC2.Cl. The number of carbonyl (C=O) groups is 3. The Kier molecular flexibility index (Phi) is 5.75. The van der Waals surface area contributed by atoms with Crippen molar-refractivity contribution in [2.45, 2.75) is 44.1 Å². The van der Waals surface area contributed by atoms with E-state index in [1.54, 1.807) is 16.8 Å². The van der Waals surface area contributed by atoms with Crippen molar-refractivity contribution in [1.82, 2.24) is 14.7 Å². The molecule has 8 heteroatoms. The smallest absolute Gasteiger partial charge is 0.327 e. The van der Waals surface area contributed by atoms with Crippen LogP contribution in [0.3, 0.4) is 0 Å². The molecule has 2 heterocycles. The standard InChI is InChI=1S/C16H26N4O3.ClH/c1-18-15(23)20(14(22)16(18)6-3-2-4-7-16)11-13(21)19-8-5-12(9-17)10-19;/h12H,2-11,17H2,1H3;1H. The Balaban J connectivity index is 0.00000208. The van der Waals surface area contributed by atoms with E-state index in [4.69, 9.17) is 5.73 Å². The van der Waals surface area contributed by atoms with Crippen molar-refractivity contribution in [1.29, 1.82) is 0 Å². The first-order chi connectivity index (χ1) is 11.0. The maximum absolute atomic E-state index is 12.8. The first-order valence-electron chi connectivity index (χ1n) is 8.57. The number of imide groups is 1. The van der Waals surface area contributed by atoms with Gasteiger partial charge in [-0.25, -0.2) is 4.79 Å². The highest BCUT2D eigenvalue weighted by molar-refractivity contribution is 6.08. The average Bonchev–Trinajstić information content (AvgIpc) is 3.12. The Bertz CT molecular complexity index is 521. The Hall–Kier alpha value is -1.34. The molecule has 3 fully saturated rings. The zero-order valence-electron chi connectivity index (χ0n) is 14.2. The number of hydrogen-bond acceptors (Lipinski definition) is 4. The summed E-state index contributed by atoms with van der Waals surface area (Å²) in [6.45, 7) is 1.72. The summed E-state index contributed by atoms with van der Waals surface area (Å²) in [5, 5.41) is 0. The molecule has 2 aliphatic heterocycles. The van der Waals surface area contributed by atoms with E-state index in [9.17, 15) is 14.4 Å². The van der Waals surface area contributed by atoms with Gasteiger partial charge >= 0.3 is 6.03 Å². The number of rotatable bonds is 3. The van der Waals surface area contributed by atoms with Gasteiger partial charge in [0.1, 0.15) is 12.1 Å². The molecule has 0 aromatic rings. The molecule has 3 aliphatic rings. The van der Waals surface area contributed by atoms with E-state index >= 15 is 0 Å². The van der Waals surface area contributed by atoms with Crippen LogP contribution in [0.1, 0.15) is 38.5 Å². The van der Waals surface area contributed by atoms with Gasteiger partial charge in [0.2, 0.25) is 5.91 Å². The molecule has 136 valence electrons.